The molecule has 0 saturated carbocycles. The second-order valence-electron chi connectivity index (χ2n) is 9.27. The van der Waals surface area contributed by atoms with Gasteiger partial charge in [-0.1, -0.05) is 42.5 Å². The number of amides is 2. The van der Waals surface area contributed by atoms with Gasteiger partial charge < -0.3 is 9.80 Å². The third-order valence-electron chi connectivity index (χ3n) is 7.18. The van der Waals surface area contributed by atoms with Gasteiger partial charge in [-0.15, -0.1) is 11.3 Å². The summed E-state index contributed by atoms with van der Waals surface area (Å²) in [6.07, 6.45) is 0.987. The minimum absolute atomic E-state index is 0.0610. The molecular formula is C28H31N3O2S. The van der Waals surface area contributed by atoms with Crippen molar-refractivity contribution in [3.8, 4) is 0 Å². The number of benzene rings is 2. The maximum atomic E-state index is 13.4. The van der Waals surface area contributed by atoms with Crippen LogP contribution in [0, 0.1) is 13.8 Å². The summed E-state index contributed by atoms with van der Waals surface area (Å²) in [5, 5.41) is 2.17. The average Bonchev–Trinajstić information content (AvgIpc) is 3.33. The van der Waals surface area contributed by atoms with Crippen molar-refractivity contribution in [2.45, 2.75) is 26.3 Å². The topological polar surface area (TPSA) is 43.9 Å². The summed E-state index contributed by atoms with van der Waals surface area (Å²) in [5.74, 6) is 0.214. The van der Waals surface area contributed by atoms with Crippen molar-refractivity contribution < 1.29 is 9.59 Å². The lowest BCUT2D eigenvalue weighted by Gasteiger charge is -2.39. The van der Waals surface area contributed by atoms with Crippen molar-refractivity contribution in [3.63, 3.8) is 0 Å². The molecule has 5 nitrogen and oxygen atoms in total. The molecule has 0 N–H and O–H groups in total. The highest BCUT2D eigenvalue weighted by Crippen LogP contribution is 2.38. The first-order valence-corrected chi connectivity index (χ1v) is 12.9. The van der Waals surface area contributed by atoms with E-state index in [1.54, 1.807) is 0 Å². The largest absolute Gasteiger partial charge is 0.338 e. The zero-order chi connectivity index (χ0) is 23.7. The maximum absolute atomic E-state index is 13.4. The first kappa shape index (κ1) is 22.8. The van der Waals surface area contributed by atoms with Crippen LogP contribution in [0.1, 0.15) is 43.5 Å². The fraction of sp³-hybridized carbons (Fsp3) is 0.357. The van der Waals surface area contributed by atoms with E-state index in [-0.39, 0.29) is 17.9 Å². The molecule has 0 unspecified atom stereocenters. The molecule has 3 heterocycles. The Morgan fingerprint density at radius 1 is 0.824 bits per heavy atom. The molecule has 176 valence electrons. The highest BCUT2D eigenvalue weighted by atomic mass is 32.1. The molecule has 34 heavy (non-hydrogen) atoms. The van der Waals surface area contributed by atoms with Gasteiger partial charge in [0.05, 0.1) is 12.6 Å². The lowest BCUT2D eigenvalue weighted by atomic mass is 9.90. The Morgan fingerprint density at radius 3 is 2.24 bits per heavy atom. The van der Waals surface area contributed by atoms with Gasteiger partial charge >= 0.3 is 0 Å². The Morgan fingerprint density at radius 2 is 1.50 bits per heavy atom. The van der Waals surface area contributed by atoms with E-state index in [0.29, 0.717) is 32.7 Å². The number of nitrogens with zero attached hydrogens (tertiary/aromatic N) is 3. The van der Waals surface area contributed by atoms with Crippen LogP contribution in [0.5, 0.6) is 0 Å². The molecule has 2 aromatic carbocycles. The Labute approximate surface area is 205 Å². The molecule has 0 aliphatic carbocycles. The molecule has 3 aromatic rings. The fourth-order valence-corrected chi connectivity index (χ4v) is 6.12. The average molecular weight is 474 g/mol. The second kappa shape index (κ2) is 9.72. The van der Waals surface area contributed by atoms with Crippen molar-refractivity contribution >= 4 is 23.2 Å². The molecule has 2 aliphatic rings. The number of hydrogen-bond donors (Lipinski definition) is 0. The van der Waals surface area contributed by atoms with Crippen LogP contribution in [-0.2, 0) is 11.2 Å². The normalized spacial score (nSPS) is 18.6. The van der Waals surface area contributed by atoms with Gasteiger partial charge in [-0.3, -0.25) is 14.5 Å². The van der Waals surface area contributed by atoms with Crippen molar-refractivity contribution in [1.29, 1.82) is 0 Å². The number of hydrogen-bond acceptors (Lipinski definition) is 4. The van der Waals surface area contributed by atoms with E-state index in [0.717, 1.165) is 24.1 Å². The molecule has 0 spiro atoms. The minimum Gasteiger partial charge on any atom is -0.338 e. The summed E-state index contributed by atoms with van der Waals surface area (Å²) in [4.78, 5) is 33.9. The summed E-state index contributed by atoms with van der Waals surface area (Å²) in [7, 11) is 0. The summed E-state index contributed by atoms with van der Waals surface area (Å²) in [6, 6.07) is 18.6. The number of carbonyl (C=O) groups is 2. The number of thiophene rings is 1. The van der Waals surface area contributed by atoms with E-state index in [4.69, 9.17) is 0 Å². The van der Waals surface area contributed by atoms with Crippen LogP contribution in [0.25, 0.3) is 0 Å². The summed E-state index contributed by atoms with van der Waals surface area (Å²) in [5.41, 5.74) is 5.62. The van der Waals surface area contributed by atoms with Crippen molar-refractivity contribution in [3.05, 3.63) is 92.7 Å². The molecule has 1 fully saturated rings. The first-order valence-electron chi connectivity index (χ1n) is 12.0. The van der Waals surface area contributed by atoms with Gasteiger partial charge in [-0.2, -0.15) is 0 Å². The SMILES string of the molecule is Cc1ccccc1C(=O)N1CCN(C(=O)CN2CCc3sccc3[C@H]2c2ccccc2C)CC1. The Balaban J connectivity index is 1.27. The smallest absolute Gasteiger partial charge is 0.254 e. The van der Waals surface area contributed by atoms with E-state index in [1.807, 2.05) is 52.3 Å². The molecule has 6 heteroatoms. The monoisotopic (exact) mass is 473 g/mol. The van der Waals surface area contributed by atoms with Gasteiger partial charge in [0.1, 0.15) is 0 Å². The van der Waals surface area contributed by atoms with Crippen LogP contribution in [0.3, 0.4) is 0 Å². The number of rotatable bonds is 4. The van der Waals surface area contributed by atoms with Crippen molar-refractivity contribution in [1.82, 2.24) is 14.7 Å². The van der Waals surface area contributed by atoms with Crippen LogP contribution >= 0.6 is 11.3 Å². The predicted molar refractivity (Wildman–Crippen MR) is 136 cm³/mol. The van der Waals surface area contributed by atoms with E-state index in [9.17, 15) is 9.59 Å². The molecule has 2 amide bonds. The molecule has 1 aromatic heterocycles. The molecule has 0 bridgehead atoms. The predicted octanol–water partition coefficient (Wildman–Crippen LogP) is 4.30. The van der Waals surface area contributed by atoms with E-state index < -0.39 is 0 Å². The van der Waals surface area contributed by atoms with Crippen LogP contribution in [0.15, 0.2) is 60.0 Å². The summed E-state index contributed by atoms with van der Waals surface area (Å²) in [6.45, 7) is 7.73. The third-order valence-corrected chi connectivity index (χ3v) is 8.18. The van der Waals surface area contributed by atoms with E-state index in [1.165, 1.54) is 21.6 Å². The zero-order valence-corrected chi connectivity index (χ0v) is 20.7. The third kappa shape index (κ3) is 4.40. The molecule has 5 rings (SSSR count). The van der Waals surface area contributed by atoms with Gasteiger partial charge in [0.25, 0.3) is 5.91 Å². The second-order valence-corrected chi connectivity index (χ2v) is 10.3. The summed E-state index contributed by atoms with van der Waals surface area (Å²) < 4.78 is 0. The van der Waals surface area contributed by atoms with Gasteiger partial charge in [-0.25, -0.2) is 0 Å². The number of aryl methyl sites for hydroxylation is 2. The van der Waals surface area contributed by atoms with Crippen LogP contribution in [0.4, 0.5) is 0 Å². The highest BCUT2D eigenvalue weighted by Gasteiger charge is 2.33. The van der Waals surface area contributed by atoms with Crippen LogP contribution < -0.4 is 0 Å². The highest BCUT2D eigenvalue weighted by molar-refractivity contribution is 7.10. The molecule has 1 saturated heterocycles. The first-order chi connectivity index (χ1) is 16.5. The molecule has 1 atom stereocenters. The number of piperazine rings is 1. The van der Waals surface area contributed by atoms with Crippen LogP contribution in [0.2, 0.25) is 0 Å². The minimum atomic E-state index is 0.0610. The lowest BCUT2D eigenvalue weighted by Crippen LogP contribution is -2.53. The van der Waals surface area contributed by atoms with E-state index in [2.05, 4.69) is 47.5 Å². The number of fused-ring (bicyclic) bond motifs is 1. The van der Waals surface area contributed by atoms with Crippen molar-refractivity contribution in [2.24, 2.45) is 0 Å². The Kier molecular flexibility index (Phi) is 6.53. The van der Waals surface area contributed by atoms with Crippen molar-refractivity contribution in [2.75, 3.05) is 39.3 Å². The Hall–Kier alpha value is -2.96. The zero-order valence-electron chi connectivity index (χ0n) is 19.9. The van der Waals surface area contributed by atoms with Gasteiger partial charge in [-0.05, 0) is 60.0 Å². The molecule has 2 aliphatic heterocycles. The molecular weight excluding hydrogens is 442 g/mol. The van der Waals surface area contributed by atoms with Gasteiger partial charge in [0.2, 0.25) is 5.91 Å². The standard InChI is InChI=1S/C28H31N3O2S/c1-20-7-3-5-9-22(20)27-24-12-18-34-25(24)11-13-31(27)19-26(32)29-14-16-30(17-15-29)28(33)23-10-6-4-8-21(23)2/h3-10,12,18,27H,11,13-17,19H2,1-2H3/t27-/m1/s1. The van der Waals surface area contributed by atoms with E-state index >= 15 is 0 Å². The summed E-state index contributed by atoms with van der Waals surface area (Å²) >= 11 is 1.82. The lowest BCUT2D eigenvalue weighted by molar-refractivity contribution is -0.134. The Bertz CT molecular complexity index is 1200. The molecule has 0 radical (unpaired) electrons. The number of carbonyl (C=O) groups excluding carboxylic acids is 2. The fourth-order valence-electron chi connectivity index (χ4n) is 5.21. The maximum Gasteiger partial charge on any atom is 0.254 e. The van der Waals surface area contributed by atoms with Gasteiger partial charge in [0.15, 0.2) is 0 Å². The van der Waals surface area contributed by atoms with Crippen LogP contribution in [-0.4, -0.2) is 65.8 Å². The quantitative estimate of drug-likeness (QED) is 0.568. The van der Waals surface area contributed by atoms with Gasteiger partial charge in [0, 0.05) is 43.2 Å².